The molecule has 4 nitrogen and oxygen atoms in total. The van der Waals surface area contributed by atoms with E-state index in [4.69, 9.17) is 4.74 Å². The highest BCUT2D eigenvalue weighted by molar-refractivity contribution is 5.68. The molecule has 1 aliphatic carbocycles. The van der Waals surface area contributed by atoms with Crippen LogP contribution in [0.5, 0.6) is 0 Å². The number of amides is 1. The maximum atomic E-state index is 11.9. The third kappa shape index (κ3) is 2.47. The Kier molecular flexibility index (Phi) is 3.96. The molecule has 3 aliphatic rings. The first-order chi connectivity index (χ1) is 9.31. The molecule has 1 saturated carbocycles. The van der Waals surface area contributed by atoms with Crippen molar-refractivity contribution in [1.82, 2.24) is 9.80 Å². The van der Waals surface area contributed by atoms with E-state index in [1.54, 1.807) is 0 Å². The van der Waals surface area contributed by atoms with Gasteiger partial charge >= 0.3 is 6.09 Å². The van der Waals surface area contributed by atoms with Crippen LogP contribution in [0.1, 0.15) is 44.9 Å². The highest BCUT2D eigenvalue weighted by atomic mass is 16.5. The van der Waals surface area contributed by atoms with Gasteiger partial charge in [-0.25, -0.2) is 4.79 Å². The highest BCUT2D eigenvalue weighted by Gasteiger charge is 2.43. The summed E-state index contributed by atoms with van der Waals surface area (Å²) < 4.78 is 4.97. The molecule has 0 bridgehead atoms. The molecular weight excluding hydrogens is 240 g/mol. The molecule has 0 radical (unpaired) electrons. The Labute approximate surface area is 116 Å². The van der Waals surface area contributed by atoms with Crippen LogP contribution in [0.15, 0.2) is 0 Å². The quantitative estimate of drug-likeness (QED) is 0.731. The molecule has 3 fully saturated rings. The van der Waals surface area contributed by atoms with Gasteiger partial charge in [0.05, 0.1) is 7.11 Å². The second-order valence-electron chi connectivity index (χ2n) is 6.28. The minimum absolute atomic E-state index is 0.114. The molecule has 4 heteroatoms. The van der Waals surface area contributed by atoms with Crippen molar-refractivity contribution in [3.05, 3.63) is 0 Å². The van der Waals surface area contributed by atoms with Gasteiger partial charge < -0.3 is 14.5 Å². The maximum Gasteiger partial charge on any atom is 0.409 e. The molecule has 0 aromatic carbocycles. The Balaban J connectivity index is 1.74. The number of hydrogen-bond acceptors (Lipinski definition) is 3. The van der Waals surface area contributed by atoms with Crippen molar-refractivity contribution in [2.24, 2.45) is 5.92 Å². The largest absolute Gasteiger partial charge is 0.453 e. The van der Waals surface area contributed by atoms with Crippen LogP contribution in [0.4, 0.5) is 4.79 Å². The molecular formula is C15H26N2O2. The average molecular weight is 266 g/mol. The highest BCUT2D eigenvalue weighted by Crippen LogP contribution is 2.39. The minimum Gasteiger partial charge on any atom is -0.453 e. The Morgan fingerprint density at radius 2 is 1.68 bits per heavy atom. The number of nitrogens with zero attached hydrogens (tertiary/aromatic N) is 2. The predicted octanol–water partition coefficient (Wildman–Crippen LogP) is 2.48. The van der Waals surface area contributed by atoms with E-state index in [9.17, 15) is 4.79 Å². The van der Waals surface area contributed by atoms with E-state index in [2.05, 4.69) is 4.90 Å². The second-order valence-corrected chi connectivity index (χ2v) is 6.28. The number of carbonyl (C=O) groups is 1. The number of rotatable bonds is 1. The third-order valence-corrected chi connectivity index (χ3v) is 5.34. The summed E-state index contributed by atoms with van der Waals surface area (Å²) in [6, 6.07) is 1.15. The molecule has 1 amide bonds. The number of piperidine rings is 1. The summed E-state index contributed by atoms with van der Waals surface area (Å²) in [5, 5.41) is 0. The lowest BCUT2D eigenvalue weighted by Crippen LogP contribution is -2.56. The van der Waals surface area contributed by atoms with Crippen LogP contribution >= 0.6 is 0 Å². The van der Waals surface area contributed by atoms with Gasteiger partial charge in [-0.3, -0.25) is 0 Å². The van der Waals surface area contributed by atoms with Gasteiger partial charge in [0.15, 0.2) is 0 Å². The molecule has 3 rings (SSSR count). The standard InChI is InChI=1S/C15H26N2O2/c1-19-15(18)17-11-5-6-12-13(7-4-8-14(12)17)16-9-2-3-10-16/h12-14H,2-11H2,1H3/t12-,13-,14+/m1/s1. The summed E-state index contributed by atoms with van der Waals surface area (Å²) in [7, 11) is 1.51. The van der Waals surface area contributed by atoms with Gasteiger partial charge in [0.25, 0.3) is 0 Å². The van der Waals surface area contributed by atoms with E-state index in [0.29, 0.717) is 18.0 Å². The average Bonchev–Trinajstić information content (AvgIpc) is 2.99. The zero-order chi connectivity index (χ0) is 13.2. The van der Waals surface area contributed by atoms with Crippen molar-refractivity contribution in [2.45, 2.75) is 57.0 Å². The van der Waals surface area contributed by atoms with Crippen LogP contribution in [0.2, 0.25) is 0 Å². The summed E-state index contributed by atoms with van der Waals surface area (Å²) in [5.74, 6) is 0.680. The Morgan fingerprint density at radius 3 is 2.42 bits per heavy atom. The second kappa shape index (κ2) is 5.70. The molecule has 0 spiro atoms. The van der Waals surface area contributed by atoms with E-state index in [1.807, 2.05) is 4.90 Å². The molecule has 3 atom stereocenters. The van der Waals surface area contributed by atoms with Crippen molar-refractivity contribution >= 4 is 6.09 Å². The summed E-state index contributed by atoms with van der Waals surface area (Å²) in [6.07, 6.45) is 8.79. The van der Waals surface area contributed by atoms with Crippen LogP contribution in [-0.4, -0.2) is 54.7 Å². The molecule has 0 unspecified atom stereocenters. The normalized spacial score (nSPS) is 36.1. The van der Waals surface area contributed by atoms with Gasteiger partial charge in [-0.1, -0.05) is 0 Å². The van der Waals surface area contributed by atoms with E-state index in [1.165, 1.54) is 58.7 Å². The van der Waals surface area contributed by atoms with Gasteiger partial charge in [0, 0.05) is 18.6 Å². The van der Waals surface area contributed by atoms with Gasteiger partial charge in [0.1, 0.15) is 0 Å². The first-order valence-corrected chi connectivity index (χ1v) is 7.90. The first kappa shape index (κ1) is 13.2. The fraction of sp³-hybridized carbons (Fsp3) is 0.933. The molecule has 2 heterocycles. The summed E-state index contributed by atoms with van der Waals surface area (Å²) in [6.45, 7) is 3.43. The summed E-state index contributed by atoms with van der Waals surface area (Å²) in [5.41, 5.74) is 0. The maximum absolute atomic E-state index is 11.9. The van der Waals surface area contributed by atoms with Crippen LogP contribution in [0.25, 0.3) is 0 Å². The third-order valence-electron chi connectivity index (χ3n) is 5.34. The topological polar surface area (TPSA) is 32.8 Å². The molecule has 108 valence electrons. The molecule has 0 aromatic rings. The minimum atomic E-state index is -0.114. The molecule has 2 saturated heterocycles. The van der Waals surface area contributed by atoms with Crippen LogP contribution < -0.4 is 0 Å². The number of hydrogen-bond donors (Lipinski definition) is 0. The van der Waals surface area contributed by atoms with Crippen molar-refractivity contribution in [2.75, 3.05) is 26.7 Å². The van der Waals surface area contributed by atoms with Crippen molar-refractivity contribution in [1.29, 1.82) is 0 Å². The van der Waals surface area contributed by atoms with Gasteiger partial charge in [-0.15, -0.1) is 0 Å². The Hall–Kier alpha value is -0.770. The zero-order valence-electron chi connectivity index (χ0n) is 12.0. The number of likely N-dealkylation sites (tertiary alicyclic amines) is 2. The van der Waals surface area contributed by atoms with Crippen molar-refractivity contribution in [3.8, 4) is 0 Å². The first-order valence-electron chi connectivity index (χ1n) is 7.90. The molecule has 0 aromatic heterocycles. The van der Waals surface area contributed by atoms with Crippen molar-refractivity contribution < 1.29 is 9.53 Å². The van der Waals surface area contributed by atoms with Crippen LogP contribution in [0, 0.1) is 5.92 Å². The molecule has 2 aliphatic heterocycles. The fourth-order valence-corrected chi connectivity index (χ4v) is 4.53. The number of fused-ring (bicyclic) bond motifs is 1. The lowest BCUT2D eigenvalue weighted by Gasteiger charge is -2.49. The smallest absolute Gasteiger partial charge is 0.409 e. The number of carbonyl (C=O) groups excluding carboxylic acids is 1. The van der Waals surface area contributed by atoms with Crippen LogP contribution in [-0.2, 0) is 4.74 Å². The summed E-state index contributed by atoms with van der Waals surface area (Å²) in [4.78, 5) is 16.6. The zero-order valence-corrected chi connectivity index (χ0v) is 12.0. The van der Waals surface area contributed by atoms with E-state index >= 15 is 0 Å². The summed E-state index contributed by atoms with van der Waals surface area (Å²) >= 11 is 0. The van der Waals surface area contributed by atoms with Crippen molar-refractivity contribution in [3.63, 3.8) is 0 Å². The Bertz CT molecular complexity index is 328. The fourth-order valence-electron chi connectivity index (χ4n) is 4.53. The molecule has 0 N–H and O–H groups in total. The van der Waals surface area contributed by atoms with E-state index < -0.39 is 0 Å². The number of ether oxygens (including phenoxy) is 1. The van der Waals surface area contributed by atoms with Gasteiger partial charge in [-0.2, -0.15) is 0 Å². The van der Waals surface area contributed by atoms with Crippen LogP contribution in [0.3, 0.4) is 0 Å². The monoisotopic (exact) mass is 266 g/mol. The van der Waals surface area contributed by atoms with E-state index in [0.717, 1.165) is 13.0 Å². The van der Waals surface area contributed by atoms with Gasteiger partial charge in [-0.05, 0) is 64.0 Å². The SMILES string of the molecule is COC(=O)N1CCC[C@@H]2[C@H](N3CCCC3)CCC[C@@H]21. The predicted molar refractivity (Wildman–Crippen MR) is 74.1 cm³/mol. The lowest BCUT2D eigenvalue weighted by molar-refractivity contribution is 0.00465. The van der Waals surface area contributed by atoms with Gasteiger partial charge in [0.2, 0.25) is 0 Å². The van der Waals surface area contributed by atoms with E-state index in [-0.39, 0.29) is 6.09 Å². The number of methoxy groups -OCH3 is 1. The Morgan fingerprint density at radius 1 is 0.947 bits per heavy atom. The lowest BCUT2D eigenvalue weighted by atomic mass is 9.74. The molecule has 19 heavy (non-hydrogen) atoms.